The molecule has 2 heterocycles. The number of hydrogen-bond acceptors (Lipinski definition) is 2. The Morgan fingerprint density at radius 1 is 1.47 bits per heavy atom. The maximum absolute atomic E-state index is 11.3. The molecule has 102 valence electrons. The molecule has 0 aromatic heterocycles. The second-order valence-corrected chi connectivity index (χ2v) is 5.51. The largest absolute Gasteiger partial charge is 0.465 e. The number of hydrogen-bond donors (Lipinski definition) is 1. The van der Waals surface area contributed by atoms with E-state index in [1.165, 1.54) is 10.5 Å². The predicted molar refractivity (Wildman–Crippen MR) is 71.5 cm³/mol. The molecular formula is C14H16ClNO3. The predicted octanol–water partition coefficient (Wildman–Crippen LogP) is 3.23. The van der Waals surface area contributed by atoms with E-state index >= 15 is 0 Å². The molecule has 2 aliphatic heterocycles. The molecule has 1 amide bonds. The third-order valence-electron chi connectivity index (χ3n) is 3.95. The maximum Gasteiger partial charge on any atom is 0.407 e. The van der Waals surface area contributed by atoms with Crippen molar-refractivity contribution in [2.24, 2.45) is 0 Å². The summed E-state index contributed by atoms with van der Waals surface area (Å²) < 4.78 is 5.45. The minimum Gasteiger partial charge on any atom is -0.465 e. The first kappa shape index (κ1) is 12.8. The van der Waals surface area contributed by atoms with Crippen LogP contribution in [0.5, 0.6) is 0 Å². The van der Waals surface area contributed by atoms with Gasteiger partial charge < -0.3 is 14.7 Å². The molecule has 5 heteroatoms. The van der Waals surface area contributed by atoms with Gasteiger partial charge in [0.25, 0.3) is 0 Å². The normalized spacial score (nSPS) is 22.4. The number of carboxylic acid groups (broad SMARTS) is 1. The van der Waals surface area contributed by atoms with E-state index in [-0.39, 0.29) is 6.04 Å². The lowest BCUT2D eigenvalue weighted by molar-refractivity contribution is 0.109. The summed E-state index contributed by atoms with van der Waals surface area (Å²) in [7, 11) is 0. The van der Waals surface area contributed by atoms with Gasteiger partial charge in [-0.05, 0) is 48.1 Å². The van der Waals surface area contributed by atoms with Gasteiger partial charge in [0, 0.05) is 11.6 Å². The first-order valence-electron chi connectivity index (χ1n) is 6.55. The summed E-state index contributed by atoms with van der Waals surface area (Å²) in [4.78, 5) is 12.8. The molecule has 0 radical (unpaired) electrons. The Bertz CT molecular complexity index is 518. The van der Waals surface area contributed by atoms with Gasteiger partial charge in [0.1, 0.15) is 0 Å². The van der Waals surface area contributed by atoms with Gasteiger partial charge in [0.2, 0.25) is 0 Å². The Kier molecular flexibility index (Phi) is 3.37. The standard InChI is InChI=1S/C14H16ClNO3/c15-10-6-9-8-19-5-3-11(9)12(7-10)13-2-1-4-16(13)14(17)18/h6-7,13H,1-5,8H2,(H,17,18)/t13-/m0/s1. The zero-order chi connectivity index (χ0) is 13.4. The van der Waals surface area contributed by atoms with Crippen LogP contribution < -0.4 is 0 Å². The highest BCUT2D eigenvalue weighted by molar-refractivity contribution is 6.30. The average molecular weight is 282 g/mol. The maximum atomic E-state index is 11.3. The number of likely N-dealkylation sites (tertiary alicyclic amines) is 1. The lowest BCUT2D eigenvalue weighted by Gasteiger charge is -2.27. The number of amides is 1. The summed E-state index contributed by atoms with van der Waals surface area (Å²) in [6, 6.07) is 3.81. The van der Waals surface area contributed by atoms with Crippen molar-refractivity contribution in [3.05, 3.63) is 33.8 Å². The van der Waals surface area contributed by atoms with Crippen molar-refractivity contribution in [3.8, 4) is 0 Å². The van der Waals surface area contributed by atoms with E-state index < -0.39 is 6.09 Å². The van der Waals surface area contributed by atoms with Crippen LogP contribution in [0.25, 0.3) is 0 Å². The molecule has 0 unspecified atom stereocenters. The van der Waals surface area contributed by atoms with Gasteiger partial charge in [-0.15, -0.1) is 0 Å². The highest BCUT2D eigenvalue weighted by Crippen LogP contribution is 2.37. The lowest BCUT2D eigenvalue weighted by Crippen LogP contribution is -2.30. The van der Waals surface area contributed by atoms with Crippen LogP contribution in [0, 0.1) is 0 Å². The summed E-state index contributed by atoms with van der Waals surface area (Å²) in [6.07, 6.45) is 1.78. The van der Waals surface area contributed by atoms with E-state index in [1.54, 1.807) is 0 Å². The Balaban J connectivity index is 2.04. The van der Waals surface area contributed by atoms with Gasteiger partial charge in [-0.25, -0.2) is 4.79 Å². The van der Waals surface area contributed by atoms with E-state index in [0.717, 1.165) is 30.4 Å². The number of carbonyl (C=O) groups is 1. The van der Waals surface area contributed by atoms with Gasteiger partial charge in [-0.1, -0.05) is 11.6 Å². The minimum atomic E-state index is -0.844. The molecule has 1 aromatic carbocycles. The fourth-order valence-corrected chi connectivity index (χ4v) is 3.37. The summed E-state index contributed by atoms with van der Waals surface area (Å²) >= 11 is 6.17. The molecule has 0 bridgehead atoms. The van der Waals surface area contributed by atoms with Crippen LogP contribution in [0.2, 0.25) is 5.02 Å². The minimum absolute atomic E-state index is 0.0527. The van der Waals surface area contributed by atoms with Crippen molar-refractivity contribution in [3.63, 3.8) is 0 Å². The average Bonchev–Trinajstić information content (AvgIpc) is 2.86. The summed E-state index contributed by atoms with van der Waals surface area (Å²) in [5.74, 6) is 0. The van der Waals surface area contributed by atoms with Crippen LogP contribution in [-0.2, 0) is 17.8 Å². The fraction of sp³-hybridized carbons (Fsp3) is 0.500. The Morgan fingerprint density at radius 3 is 3.11 bits per heavy atom. The molecular weight excluding hydrogens is 266 g/mol. The Hall–Kier alpha value is -1.26. The molecule has 0 spiro atoms. The highest BCUT2D eigenvalue weighted by Gasteiger charge is 2.32. The molecule has 1 saturated heterocycles. The third kappa shape index (κ3) is 2.30. The Labute approximate surface area is 116 Å². The first-order chi connectivity index (χ1) is 9.16. The summed E-state index contributed by atoms with van der Waals surface area (Å²) in [5, 5.41) is 9.95. The molecule has 3 rings (SSSR count). The van der Waals surface area contributed by atoms with E-state index in [9.17, 15) is 9.90 Å². The summed E-state index contributed by atoms with van der Waals surface area (Å²) in [5.41, 5.74) is 3.41. The van der Waals surface area contributed by atoms with Gasteiger partial charge in [0.15, 0.2) is 0 Å². The van der Waals surface area contributed by atoms with E-state index in [4.69, 9.17) is 16.3 Å². The van der Waals surface area contributed by atoms with Crippen molar-refractivity contribution in [1.82, 2.24) is 4.90 Å². The van der Waals surface area contributed by atoms with Crippen LogP contribution in [0.3, 0.4) is 0 Å². The zero-order valence-electron chi connectivity index (χ0n) is 10.6. The third-order valence-corrected chi connectivity index (χ3v) is 4.17. The summed E-state index contributed by atoms with van der Waals surface area (Å²) in [6.45, 7) is 1.88. The topological polar surface area (TPSA) is 49.8 Å². The molecule has 1 atom stereocenters. The molecule has 0 aliphatic carbocycles. The Morgan fingerprint density at radius 2 is 2.32 bits per heavy atom. The molecule has 19 heavy (non-hydrogen) atoms. The second kappa shape index (κ2) is 5.02. The molecule has 1 N–H and O–H groups in total. The van der Waals surface area contributed by atoms with Gasteiger partial charge in [0.05, 0.1) is 19.3 Å². The highest BCUT2D eigenvalue weighted by atomic mass is 35.5. The molecule has 1 aromatic rings. The number of rotatable bonds is 1. The number of nitrogens with zero attached hydrogens (tertiary/aromatic N) is 1. The van der Waals surface area contributed by atoms with Crippen LogP contribution in [0.4, 0.5) is 4.79 Å². The number of fused-ring (bicyclic) bond motifs is 1. The van der Waals surface area contributed by atoms with Crippen molar-refractivity contribution in [2.45, 2.75) is 31.9 Å². The van der Waals surface area contributed by atoms with Gasteiger partial charge in [-0.3, -0.25) is 0 Å². The van der Waals surface area contributed by atoms with Crippen LogP contribution in [0.1, 0.15) is 35.6 Å². The van der Waals surface area contributed by atoms with Crippen LogP contribution in [0.15, 0.2) is 12.1 Å². The smallest absolute Gasteiger partial charge is 0.407 e. The number of ether oxygens (including phenoxy) is 1. The monoisotopic (exact) mass is 281 g/mol. The van der Waals surface area contributed by atoms with E-state index in [2.05, 4.69) is 0 Å². The van der Waals surface area contributed by atoms with E-state index in [0.29, 0.717) is 24.8 Å². The van der Waals surface area contributed by atoms with Crippen LogP contribution >= 0.6 is 11.6 Å². The molecule has 1 fully saturated rings. The lowest BCUT2D eigenvalue weighted by atomic mass is 9.91. The van der Waals surface area contributed by atoms with Crippen molar-refractivity contribution < 1.29 is 14.6 Å². The van der Waals surface area contributed by atoms with E-state index in [1.807, 2.05) is 12.1 Å². The van der Waals surface area contributed by atoms with Gasteiger partial charge in [-0.2, -0.15) is 0 Å². The van der Waals surface area contributed by atoms with Gasteiger partial charge >= 0.3 is 6.09 Å². The van der Waals surface area contributed by atoms with Crippen LogP contribution in [-0.4, -0.2) is 29.3 Å². The fourth-order valence-electron chi connectivity index (χ4n) is 3.12. The zero-order valence-corrected chi connectivity index (χ0v) is 11.3. The van der Waals surface area contributed by atoms with Crippen molar-refractivity contribution in [1.29, 1.82) is 0 Å². The first-order valence-corrected chi connectivity index (χ1v) is 6.93. The molecule has 0 saturated carbocycles. The quantitative estimate of drug-likeness (QED) is 0.860. The molecule has 2 aliphatic rings. The van der Waals surface area contributed by atoms with Crippen molar-refractivity contribution in [2.75, 3.05) is 13.2 Å². The molecule has 4 nitrogen and oxygen atoms in total. The second-order valence-electron chi connectivity index (χ2n) is 5.07. The van der Waals surface area contributed by atoms with Crippen molar-refractivity contribution >= 4 is 17.7 Å². The SMILES string of the molecule is O=C(O)N1CCC[C@H]1c1cc(Cl)cc2c1CCOC2. The number of halogens is 1. The number of benzene rings is 1.